The Labute approximate surface area is 139 Å². The summed E-state index contributed by atoms with van der Waals surface area (Å²) in [6, 6.07) is 14.0. The fourth-order valence-corrected chi connectivity index (χ4v) is 2.84. The van der Waals surface area contributed by atoms with Crippen molar-refractivity contribution in [3.63, 3.8) is 0 Å². The van der Waals surface area contributed by atoms with E-state index in [1.165, 1.54) is 0 Å². The molecular formula is C18H17ClN4. The van der Waals surface area contributed by atoms with E-state index in [2.05, 4.69) is 21.8 Å². The molecular weight excluding hydrogens is 308 g/mol. The summed E-state index contributed by atoms with van der Waals surface area (Å²) in [7, 11) is 0. The number of aromatic nitrogens is 1. The van der Waals surface area contributed by atoms with Crippen LogP contribution in [0.15, 0.2) is 58.2 Å². The molecule has 116 valence electrons. The van der Waals surface area contributed by atoms with Crippen molar-refractivity contribution in [2.45, 2.75) is 20.4 Å². The number of hydrogen-bond acceptors (Lipinski definition) is 2. The monoisotopic (exact) mass is 324 g/mol. The maximum atomic E-state index is 7.75. The van der Waals surface area contributed by atoms with E-state index in [4.69, 9.17) is 22.5 Å². The third kappa shape index (κ3) is 2.66. The molecule has 0 fully saturated rings. The molecule has 3 aromatic rings. The standard InChI is InChI=1S/C18H17ClN4/c1-11(12(2)19)10-23-16-6-4-3-5-14(16)15-9-13(18(20)22-21)7-8-17(15)23/h3-9,20-21H,10H2,1-2H3/b12-11-,20-18?,22-21?. The van der Waals surface area contributed by atoms with Crippen molar-refractivity contribution in [3.8, 4) is 0 Å². The number of allylic oxidation sites excluding steroid dienone is 2. The predicted molar refractivity (Wildman–Crippen MR) is 95.6 cm³/mol. The van der Waals surface area contributed by atoms with Crippen molar-refractivity contribution in [2.75, 3.05) is 0 Å². The molecule has 0 atom stereocenters. The zero-order valence-corrected chi connectivity index (χ0v) is 13.8. The first-order valence-electron chi connectivity index (χ1n) is 7.32. The summed E-state index contributed by atoms with van der Waals surface area (Å²) in [5, 5.41) is 14.0. The van der Waals surface area contributed by atoms with E-state index in [1.54, 1.807) is 0 Å². The van der Waals surface area contributed by atoms with Gasteiger partial charge in [0.1, 0.15) is 0 Å². The minimum absolute atomic E-state index is 0.0311. The van der Waals surface area contributed by atoms with Crippen molar-refractivity contribution < 1.29 is 0 Å². The summed E-state index contributed by atoms with van der Waals surface area (Å²) < 4.78 is 2.23. The number of nitrogens with one attached hydrogen (secondary N) is 2. The van der Waals surface area contributed by atoms with Gasteiger partial charge in [0.2, 0.25) is 0 Å². The van der Waals surface area contributed by atoms with Crippen LogP contribution in [-0.4, -0.2) is 10.4 Å². The van der Waals surface area contributed by atoms with Gasteiger partial charge < -0.3 is 4.57 Å². The Morgan fingerprint density at radius 2 is 1.78 bits per heavy atom. The van der Waals surface area contributed by atoms with Gasteiger partial charge in [-0.3, -0.25) is 5.41 Å². The summed E-state index contributed by atoms with van der Waals surface area (Å²) in [6.07, 6.45) is 0. The van der Waals surface area contributed by atoms with E-state index >= 15 is 0 Å². The molecule has 0 aliphatic heterocycles. The summed E-state index contributed by atoms with van der Waals surface area (Å²) in [5.41, 5.74) is 11.0. The van der Waals surface area contributed by atoms with Crippen LogP contribution in [0.5, 0.6) is 0 Å². The smallest absolute Gasteiger partial charge is 0.173 e. The van der Waals surface area contributed by atoms with E-state index in [0.717, 1.165) is 39.0 Å². The number of amidine groups is 1. The highest BCUT2D eigenvalue weighted by atomic mass is 35.5. The van der Waals surface area contributed by atoms with Gasteiger partial charge in [-0.25, -0.2) is 5.53 Å². The van der Waals surface area contributed by atoms with Crippen LogP contribution in [0.3, 0.4) is 0 Å². The molecule has 0 unspecified atom stereocenters. The van der Waals surface area contributed by atoms with Crippen LogP contribution in [0.25, 0.3) is 21.8 Å². The minimum atomic E-state index is -0.0311. The van der Waals surface area contributed by atoms with Crippen molar-refractivity contribution >= 4 is 39.2 Å². The third-order valence-corrected chi connectivity index (χ3v) is 4.46. The molecule has 4 nitrogen and oxygen atoms in total. The zero-order chi connectivity index (χ0) is 16.6. The van der Waals surface area contributed by atoms with Crippen molar-refractivity contribution in [1.82, 2.24) is 4.57 Å². The molecule has 0 saturated heterocycles. The lowest BCUT2D eigenvalue weighted by molar-refractivity contribution is 0.844. The Kier molecular flexibility index (Phi) is 4.01. The highest BCUT2D eigenvalue weighted by molar-refractivity contribution is 6.29. The van der Waals surface area contributed by atoms with Crippen LogP contribution < -0.4 is 0 Å². The second-order valence-electron chi connectivity index (χ2n) is 5.61. The summed E-state index contributed by atoms with van der Waals surface area (Å²) in [4.78, 5) is 0. The largest absolute Gasteiger partial charge is 0.336 e. The second-order valence-corrected chi connectivity index (χ2v) is 6.18. The van der Waals surface area contributed by atoms with E-state index in [9.17, 15) is 0 Å². The molecule has 3 rings (SSSR count). The zero-order valence-electron chi connectivity index (χ0n) is 13.0. The molecule has 0 amide bonds. The van der Waals surface area contributed by atoms with Gasteiger partial charge in [0.05, 0.1) is 0 Å². The Morgan fingerprint density at radius 1 is 1.09 bits per heavy atom. The first-order valence-corrected chi connectivity index (χ1v) is 7.70. The van der Waals surface area contributed by atoms with Crippen LogP contribution in [0.1, 0.15) is 19.4 Å². The molecule has 1 heterocycles. The highest BCUT2D eigenvalue weighted by Crippen LogP contribution is 2.31. The average Bonchev–Trinajstić information content (AvgIpc) is 2.87. The fraction of sp³-hybridized carbons (Fsp3) is 0.167. The number of fused-ring (bicyclic) bond motifs is 3. The van der Waals surface area contributed by atoms with Gasteiger partial charge in [-0.1, -0.05) is 29.8 Å². The fourth-order valence-electron chi connectivity index (χ4n) is 2.78. The van der Waals surface area contributed by atoms with E-state index in [-0.39, 0.29) is 5.84 Å². The maximum Gasteiger partial charge on any atom is 0.173 e. The normalized spacial score (nSPS) is 12.5. The first-order chi connectivity index (χ1) is 11.0. The second kappa shape index (κ2) is 5.97. The molecule has 0 aliphatic carbocycles. The molecule has 0 radical (unpaired) electrons. The number of nitrogens with zero attached hydrogens (tertiary/aromatic N) is 2. The van der Waals surface area contributed by atoms with Crippen LogP contribution in [0, 0.1) is 10.9 Å². The summed E-state index contributed by atoms with van der Waals surface area (Å²) in [5.74, 6) is -0.0311. The molecule has 0 bridgehead atoms. The van der Waals surface area contributed by atoms with Gasteiger partial charge in [0.25, 0.3) is 0 Å². The van der Waals surface area contributed by atoms with Gasteiger partial charge in [0.15, 0.2) is 5.84 Å². The minimum Gasteiger partial charge on any atom is -0.336 e. The van der Waals surface area contributed by atoms with Crippen molar-refractivity contribution in [2.24, 2.45) is 5.11 Å². The molecule has 5 heteroatoms. The molecule has 1 aromatic heterocycles. The molecule has 2 aromatic carbocycles. The average molecular weight is 325 g/mol. The summed E-state index contributed by atoms with van der Waals surface area (Å²) >= 11 is 6.14. The number of benzene rings is 2. The van der Waals surface area contributed by atoms with Gasteiger partial charge >= 0.3 is 0 Å². The Bertz CT molecular complexity index is 962. The first kappa shape index (κ1) is 15.4. The molecule has 23 heavy (non-hydrogen) atoms. The highest BCUT2D eigenvalue weighted by Gasteiger charge is 2.12. The predicted octanol–water partition coefficient (Wildman–Crippen LogP) is 5.68. The van der Waals surface area contributed by atoms with E-state index in [1.807, 2.05) is 44.2 Å². The third-order valence-electron chi connectivity index (χ3n) is 4.14. The van der Waals surface area contributed by atoms with Gasteiger partial charge in [0, 0.05) is 38.9 Å². The molecule has 0 aliphatic rings. The van der Waals surface area contributed by atoms with Gasteiger partial charge in [-0.05, 0) is 43.7 Å². The summed E-state index contributed by atoms with van der Waals surface area (Å²) in [6.45, 7) is 4.66. The topological polar surface area (TPSA) is 65.0 Å². The molecule has 2 N–H and O–H groups in total. The molecule has 0 spiro atoms. The Balaban J connectivity index is 2.32. The van der Waals surface area contributed by atoms with Crippen molar-refractivity contribution in [3.05, 3.63) is 58.6 Å². The lowest BCUT2D eigenvalue weighted by atomic mass is 10.1. The van der Waals surface area contributed by atoms with Crippen LogP contribution >= 0.6 is 11.6 Å². The van der Waals surface area contributed by atoms with Crippen LogP contribution in [0.2, 0.25) is 0 Å². The van der Waals surface area contributed by atoms with E-state index in [0.29, 0.717) is 5.56 Å². The quantitative estimate of drug-likeness (QED) is 0.353. The van der Waals surface area contributed by atoms with Crippen molar-refractivity contribution in [1.29, 1.82) is 10.9 Å². The number of halogens is 1. The SMILES string of the molecule is C/C(Cl)=C(\C)Cn1c2ccccc2c2cc(C(=N)N=N)ccc21. The Morgan fingerprint density at radius 3 is 2.48 bits per heavy atom. The van der Waals surface area contributed by atoms with Crippen LogP contribution in [0.4, 0.5) is 0 Å². The number of rotatable bonds is 3. The van der Waals surface area contributed by atoms with Crippen LogP contribution in [-0.2, 0) is 6.54 Å². The number of para-hydroxylation sites is 1. The molecule has 0 saturated carbocycles. The number of hydrogen-bond donors (Lipinski definition) is 2. The van der Waals surface area contributed by atoms with Gasteiger partial charge in [-0.15, -0.1) is 5.11 Å². The van der Waals surface area contributed by atoms with E-state index < -0.39 is 0 Å². The lowest BCUT2D eigenvalue weighted by Gasteiger charge is -2.09. The lowest BCUT2D eigenvalue weighted by Crippen LogP contribution is -2.00. The maximum absolute atomic E-state index is 7.75. The Hall–Kier alpha value is -2.46. The van der Waals surface area contributed by atoms with Gasteiger partial charge in [-0.2, -0.15) is 0 Å².